The van der Waals surface area contributed by atoms with Gasteiger partial charge in [0.1, 0.15) is 18.1 Å². The number of rotatable bonds is 6. The molecule has 0 saturated carbocycles. The summed E-state index contributed by atoms with van der Waals surface area (Å²) in [6.07, 6.45) is 1.41. The van der Waals surface area contributed by atoms with Crippen LogP contribution in [0.2, 0.25) is 0 Å². The minimum absolute atomic E-state index is 0.0711. The van der Waals surface area contributed by atoms with E-state index in [1.807, 2.05) is 0 Å². The van der Waals surface area contributed by atoms with Crippen LogP contribution in [-0.4, -0.2) is 42.2 Å². The van der Waals surface area contributed by atoms with E-state index < -0.39 is 24.4 Å². The molecule has 0 bridgehead atoms. The molecular weight excluding hydrogens is 267 g/mol. The van der Waals surface area contributed by atoms with Crippen LogP contribution in [-0.2, 0) is 4.79 Å². The van der Waals surface area contributed by atoms with Gasteiger partial charge in [0.15, 0.2) is 0 Å². The van der Waals surface area contributed by atoms with Gasteiger partial charge in [-0.2, -0.15) is 0 Å². The summed E-state index contributed by atoms with van der Waals surface area (Å²) in [5.74, 6) is -1.51. The first kappa shape index (κ1) is 15.5. The lowest BCUT2D eigenvalue weighted by Crippen LogP contribution is -2.38. The Balaban J connectivity index is 2.87. The van der Waals surface area contributed by atoms with Crippen molar-refractivity contribution in [1.82, 2.24) is 4.90 Å². The maximum Gasteiger partial charge on any atom is 0.323 e. The molecule has 2 N–H and O–H groups in total. The first-order chi connectivity index (χ1) is 9.47. The number of benzene rings is 1. The number of nitrogens with one attached hydrogen (secondary N) is 1. The van der Waals surface area contributed by atoms with E-state index in [0.29, 0.717) is 0 Å². The summed E-state index contributed by atoms with van der Waals surface area (Å²) in [4.78, 5) is 23.7. The predicted molar refractivity (Wildman–Crippen MR) is 71.4 cm³/mol. The molecule has 20 heavy (non-hydrogen) atoms. The van der Waals surface area contributed by atoms with Gasteiger partial charge in [-0.25, -0.2) is 9.18 Å². The zero-order valence-corrected chi connectivity index (χ0v) is 10.9. The minimum Gasteiger partial charge on any atom is -0.494 e. The van der Waals surface area contributed by atoms with Gasteiger partial charge in [-0.05, 0) is 12.1 Å². The molecule has 0 heterocycles. The standard InChI is InChI=1S/C13H15FN2O4/c1-3-6-16(8-12(17)18)13(19)15-10-5-4-9(14)7-11(10)20-2/h3-5,7H,1,6,8H2,2H3,(H,15,19)(H,17,18). The van der Waals surface area contributed by atoms with Crippen LogP contribution in [0.3, 0.4) is 0 Å². The normalized spacial score (nSPS) is 9.70. The highest BCUT2D eigenvalue weighted by molar-refractivity contribution is 5.92. The Morgan fingerprint density at radius 1 is 1.55 bits per heavy atom. The Morgan fingerprint density at radius 2 is 2.25 bits per heavy atom. The van der Waals surface area contributed by atoms with Crippen LogP contribution in [0.4, 0.5) is 14.9 Å². The van der Waals surface area contributed by atoms with Crippen molar-refractivity contribution in [2.24, 2.45) is 0 Å². The molecule has 0 saturated heterocycles. The van der Waals surface area contributed by atoms with Gasteiger partial charge in [0.05, 0.1) is 12.8 Å². The average molecular weight is 282 g/mol. The number of methoxy groups -OCH3 is 1. The summed E-state index contributed by atoms with van der Waals surface area (Å²) < 4.78 is 18.0. The Kier molecular flexibility index (Phi) is 5.52. The number of urea groups is 1. The smallest absolute Gasteiger partial charge is 0.323 e. The fourth-order valence-corrected chi connectivity index (χ4v) is 1.50. The molecule has 0 unspecified atom stereocenters. The number of nitrogens with zero attached hydrogens (tertiary/aromatic N) is 1. The third kappa shape index (κ3) is 4.27. The Labute approximate surface area is 115 Å². The number of carboxylic acid groups (broad SMARTS) is 1. The van der Waals surface area contributed by atoms with E-state index in [1.165, 1.54) is 19.3 Å². The van der Waals surface area contributed by atoms with E-state index in [9.17, 15) is 14.0 Å². The van der Waals surface area contributed by atoms with Crippen molar-refractivity contribution in [2.45, 2.75) is 0 Å². The minimum atomic E-state index is -1.15. The van der Waals surface area contributed by atoms with Crippen LogP contribution in [0, 0.1) is 5.82 Å². The van der Waals surface area contributed by atoms with Gasteiger partial charge in [0.25, 0.3) is 0 Å². The van der Waals surface area contributed by atoms with Gasteiger partial charge in [0.2, 0.25) is 0 Å². The molecule has 0 aliphatic carbocycles. The van der Waals surface area contributed by atoms with Gasteiger partial charge in [0, 0.05) is 12.6 Å². The van der Waals surface area contributed by atoms with Crippen LogP contribution in [0.1, 0.15) is 0 Å². The molecule has 0 aliphatic rings. The van der Waals surface area contributed by atoms with Crippen LogP contribution < -0.4 is 10.1 Å². The lowest BCUT2D eigenvalue weighted by molar-refractivity contribution is -0.137. The molecule has 1 aromatic rings. The molecule has 0 fully saturated rings. The first-order valence-corrected chi connectivity index (χ1v) is 5.70. The number of carbonyl (C=O) groups is 2. The van der Waals surface area contributed by atoms with Gasteiger partial charge in [-0.15, -0.1) is 6.58 Å². The van der Waals surface area contributed by atoms with E-state index in [2.05, 4.69) is 11.9 Å². The Hall–Kier alpha value is -2.57. The molecular formula is C13H15FN2O4. The van der Waals surface area contributed by atoms with E-state index in [-0.39, 0.29) is 18.0 Å². The third-order valence-electron chi connectivity index (χ3n) is 2.37. The quantitative estimate of drug-likeness (QED) is 0.781. The van der Waals surface area contributed by atoms with Crippen molar-refractivity contribution in [1.29, 1.82) is 0 Å². The maximum absolute atomic E-state index is 13.0. The number of aliphatic carboxylic acids is 1. The monoisotopic (exact) mass is 282 g/mol. The number of hydrogen-bond acceptors (Lipinski definition) is 3. The molecule has 7 heteroatoms. The third-order valence-corrected chi connectivity index (χ3v) is 2.37. The van der Waals surface area contributed by atoms with Crippen molar-refractivity contribution in [3.8, 4) is 5.75 Å². The van der Waals surface area contributed by atoms with Crippen molar-refractivity contribution >= 4 is 17.7 Å². The Bertz CT molecular complexity index is 519. The summed E-state index contributed by atoms with van der Waals surface area (Å²) in [5.41, 5.74) is 0.248. The lowest BCUT2D eigenvalue weighted by atomic mass is 10.3. The highest BCUT2D eigenvalue weighted by atomic mass is 19.1. The molecule has 0 spiro atoms. The number of anilines is 1. The molecule has 0 aliphatic heterocycles. The fourth-order valence-electron chi connectivity index (χ4n) is 1.50. The average Bonchev–Trinajstić information content (AvgIpc) is 2.39. The summed E-state index contributed by atoms with van der Waals surface area (Å²) >= 11 is 0. The van der Waals surface area contributed by atoms with Gasteiger partial charge in [-0.1, -0.05) is 6.08 Å². The Morgan fingerprint density at radius 3 is 2.80 bits per heavy atom. The van der Waals surface area contributed by atoms with E-state index in [4.69, 9.17) is 9.84 Å². The number of amides is 2. The van der Waals surface area contributed by atoms with E-state index in [1.54, 1.807) is 0 Å². The second kappa shape index (κ2) is 7.13. The fraction of sp³-hybridized carbons (Fsp3) is 0.231. The number of hydrogen-bond donors (Lipinski definition) is 2. The summed E-state index contributed by atoms with van der Waals surface area (Å²) in [7, 11) is 1.34. The highest BCUT2D eigenvalue weighted by Crippen LogP contribution is 2.25. The summed E-state index contributed by atoms with van der Waals surface area (Å²) in [6.45, 7) is 3.05. The SMILES string of the molecule is C=CCN(CC(=O)O)C(=O)Nc1ccc(F)cc1OC. The van der Waals surface area contributed by atoms with Crippen LogP contribution in [0.15, 0.2) is 30.9 Å². The number of carboxylic acids is 1. The van der Waals surface area contributed by atoms with Crippen LogP contribution in [0.5, 0.6) is 5.75 Å². The van der Waals surface area contributed by atoms with E-state index in [0.717, 1.165) is 17.0 Å². The van der Waals surface area contributed by atoms with Crippen molar-refractivity contribution in [3.63, 3.8) is 0 Å². The molecule has 2 amide bonds. The zero-order chi connectivity index (χ0) is 15.1. The molecule has 0 atom stereocenters. The van der Waals surface area contributed by atoms with Gasteiger partial charge in [-0.3, -0.25) is 4.79 Å². The van der Waals surface area contributed by atoms with Gasteiger partial charge < -0.3 is 20.1 Å². The number of carbonyl (C=O) groups excluding carboxylic acids is 1. The molecule has 6 nitrogen and oxygen atoms in total. The summed E-state index contributed by atoms with van der Waals surface area (Å²) in [6, 6.07) is 2.97. The molecule has 0 aromatic heterocycles. The predicted octanol–water partition coefficient (Wildman–Crippen LogP) is 1.94. The number of halogens is 1. The van der Waals surface area contributed by atoms with Crippen LogP contribution in [0.25, 0.3) is 0 Å². The van der Waals surface area contributed by atoms with Gasteiger partial charge >= 0.3 is 12.0 Å². The van der Waals surface area contributed by atoms with Crippen molar-refractivity contribution < 1.29 is 23.8 Å². The first-order valence-electron chi connectivity index (χ1n) is 5.70. The second-order valence-corrected chi connectivity index (χ2v) is 3.84. The second-order valence-electron chi connectivity index (χ2n) is 3.84. The summed E-state index contributed by atoms with van der Waals surface area (Å²) in [5, 5.41) is 11.2. The molecule has 0 radical (unpaired) electrons. The molecule has 1 aromatic carbocycles. The number of ether oxygens (including phenoxy) is 1. The molecule has 108 valence electrons. The maximum atomic E-state index is 13.0. The van der Waals surface area contributed by atoms with E-state index >= 15 is 0 Å². The van der Waals surface area contributed by atoms with Crippen LogP contribution >= 0.6 is 0 Å². The van der Waals surface area contributed by atoms with Crippen molar-refractivity contribution in [2.75, 3.05) is 25.5 Å². The largest absolute Gasteiger partial charge is 0.494 e. The van der Waals surface area contributed by atoms with Crippen molar-refractivity contribution in [3.05, 3.63) is 36.7 Å². The highest BCUT2D eigenvalue weighted by Gasteiger charge is 2.17. The lowest BCUT2D eigenvalue weighted by Gasteiger charge is -2.20. The zero-order valence-electron chi connectivity index (χ0n) is 10.9. The molecule has 1 rings (SSSR count). The topological polar surface area (TPSA) is 78.9 Å².